The first-order chi connectivity index (χ1) is 11.9. The van der Waals surface area contributed by atoms with Gasteiger partial charge in [0.05, 0.1) is 10.6 Å². The van der Waals surface area contributed by atoms with Gasteiger partial charge in [0.2, 0.25) is 5.89 Å². The monoisotopic (exact) mass is 355 g/mol. The van der Waals surface area contributed by atoms with E-state index in [2.05, 4.69) is 43.1 Å². The fourth-order valence-electron chi connectivity index (χ4n) is 2.52. The van der Waals surface area contributed by atoms with Crippen molar-refractivity contribution in [3.8, 4) is 0 Å². The summed E-state index contributed by atoms with van der Waals surface area (Å²) in [5.74, 6) is 1.02. The second kappa shape index (κ2) is 6.84. The molecule has 0 atom stereocenters. The van der Waals surface area contributed by atoms with Crippen LogP contribution in [0.25, 0.3) is 23.3 Å². The van der Waals surface area contributed by atoms with Gasteiger partial charge in [-0.2, -0.15) is 0 Å². The van der Waals surface area contributed by atoms with E-state index >= 15 is 0 Å². The average Bonchev–Trinajstić information content (AvgIpc) is 3.02. The van der Waals surface area contributed by atoms with E-state index in [0.717, 1.165) is 5.56 Å². The standard InChI is InChI=1S/C20H21NO3S/c1-4-25(22,23)17-10-11-19-18(13-17)21-20(24-19)12-7-15-5-8-16(9-6-15)14(2)3/h5-14H,4H2,1-3H3/b12-7+. The van der Waals surface area contributed by atoms with Crippen LogP contribution in [-0.2, 0) is 9.84 Å². The Bertz CT molecular complexity index is 1010. The van der Waals surface area contributed by atoms with Crippen molar-refractivity contribution in [3.05, 3.63) is 59.5 Å². The van der Waals surface area contributed by atoms with Crippen LogP contribution in [0.1, 0.15) is 43.7 Å². The third-order valence-electron chi connectivity index (χ3n) is 4.14. The third-order valence-corrected chi connectivity index (χ3v) is 5.87. The summed E-state index contributed by atoms with van der Waals surface area (Å²) in [5, 5.41) is 0. The Hall–Kier alpha value is -2.40. The lowest BCUT2D eigenvalue weighted by molar-refractivity contribution is 0.589. The van der Waals surface area contributed by atoms with Crippen LogP contribution in [-0.4, -0.2) is 19.2 Å². The molecule has 0 unspecified atom stereocenters. The highest BCUT2D eigenvalue weighted by molar-refractivity contribution is 7.91. The molecule has 0 aliphatic rings. The number of benzene rings is 2. The second-order valence-corrected chi connectivity index (χ2v) is 8.52. The number of sulfone groups is 1. The molecule has 3 aromatic rings. The van der Waals surface area contributed by atoms with Gasteiger partial charge >= 0.3 is 0 Å². The topological polar surface area (TPSA) is 60.2 Å². The van der Waals surface area contributed by atoms with Crippen LogP contribution < -0.4 is 0 Å². The van der Waals surface area contributed by atoms with Gasteiger partial charge in [0.1, 0.15) is 5.52 Å². The Balaban J connectivity index is 1.86. The Morgan fingerprint density at radius 2 is 1.80 bits per heavy atom. The summed E-state index contributed by atoms with van der Waals surface area (Å²) in [5.41, 5.74) is 3.47. The first-order valence-corrected chi connectivity index (χ1v) is 9.95. The van der Waals surface area contributed by atoms with Gasteiger partial charge in [-0.3, -0.25) is 0 Å². The largest absolute Gasteiger partial charge is 0.437 e. The smallest absolute Gasteiger partial charge is 0.220 e. The molecule has 4 nitrogen and oxygen atoms in total. The molecular formula is C20H21NO3S. The number of hydrogen-bond acceptors (Lipinski definition) is 4. The zero-order valence-electron chi connectivity index (χ0n) is 14.6. The van der Waals surface area contributed by atoms with Crippen LogP contribution in [0.15, 0.2) is 51.8 Å². The summed E-state index contributed by atoms with van der Waals surface area (Å²) in [6.45, 7) is 5.95. The molecule has 0 bridgehead atoms. The van der Waals surface area contributed by atoms with Gasteiger partial charge in [0, 0.05) is 6.08 Å². The number of rotatable bonds is 5. The molecule has 0 N–H and O–H groups in total. The first-order valence-electron chi connectivity index (χ1n) is 8.30. The van der Waals surface area contributed by atoms with Gasteiger partial charge in [-0.05, 0) is 41.3 Å². The van der Waals surface area contributed by atoms with Crippen molar-refractivity contribution >= 4 is 33.1 Å². The van der Waals surface area contributed by atoms with E-state index in [1.165, 1.54) is 5.56 Å². The summed E-state index contributed by atoms with van der Waals surface area (Å²) in [6.07, 6.45) is 3.72. The van der Waals surface area contributed by atoms with E-state index in [4.69, 9.17) is 4.42 Å². The number of fused-ring (bicyclic) bond motifs is 1. The van der Waals surface area contributed by atoms with Crippen molar-refractivity contribution in [1.29, 1.82) is 0 Å². The van der Waals surface area contributed by atoms with Gasteiger partial charge < -0.3 is 4.42 Å². The fraction of sp³-hybridized carbons (Fsp3) is 0.250. The average molecular weight is 355 g/mol. The minimum absolute atomic E-state index is 0.0650. The molecule has 0 saturated carbocycles. The van der Waals surface area contributed by atoms with E-state index in [1.807, 2.05) is 6.08 Å². The molecule has 130 valence electrons. The number of nitrogens with zero attached hydrogens (tertiary/aromatic N) is 1. The molecule has 3 rings (SSSR count). The molecule has 0 aliphatic heterocycles. The lowest BCUT2D eigenvalue weighted by Gasteiger charge is -2.04. The summed E-state index contributed by atoms with van der Waals surface area (Å²) >= 11 is 0. The lowest BCUT2D eigenvalue weighted by Crippen LogP contribution is -2.03. The Morgan fingerprint density at radius 1 is 1.08 bits per heavy atom. The van der Waals surface area contributed by atoms with Crippen LogP contribution in [0.4, 0.5) is 0 Å². The summed E-state index contributed by atoms with van der Waals surface area (Å²) in [7, 11) is -3.25. The molecule has 0 amide bonds. The van der Waals surface area contributed by atoms with E-state index < -0.39 is 9.84 Å². The summed E-state index contributed by atoms with van der Waals surface area (Å²) in [4.78, 5) is 4.64. The molecule has 0 radical (unpaired) electrons. The quantitative estimate of drug-likeness (QED) is 0.652. The van der Waals surface area contributed by atoms with Gasteiger partial charge in [-0.25, -0.2) is 13.4 Å². The highest BCUT2D eigenvalue weighted by atomic mass is 32.2. The molecule has 25 heavy (non-hydrogen) atoms. The van der Waals surface area contributed by atoms with Crippen molar-refractivity contribution in [2.75, 3.05) is 5.75 Å². The molecule has 0 fully saturated rings. The Labute approximate surface area is 148 Å². The highest BCUT2D eigenvalue weighted by Crippen LogP contribution is 2.22. The Kier molecular flexibility index (Phi) is 4.77. The van der Waals surface area contributed by atoms with Crippen molar-refractivity contribution < 1.29 is 12.8 Å². The molecule has 0 saturated heterocycles. The van der Waals surface area contributed by atoms with Crippen LogP contribution >= 0.6 is 0 Å². The summed E-state index contributed by atoms with van der Waals surface area (Å²) < 4.78 is 29.6. The minimum atomic E-state index is -3.25. The third kappa shape index (κ3) is 3.82. The van der Waals surface area contributed by atoms with Crippen LogP contribution in [0.2, 0.25) is 0 Å². The highest BCUT2D eigenvalue weighted by Gasteiger charge is 2.14. The maximum absolute atomic E-state index is 12.0. The van der Waals surface area contributed by atoms with Gasteiger partial charge in [0.25, 0.3) is 0 Å². The number of oxazole rings is 1. The van der Waals surface area contributed by atoms with Crippen molar-refractivity contribution in [3.63, 3.8) is 0 Å². The van der Waals surface area contributed by atoms with Crippen LogP contribution in [0.5, 0.6) is 0 Å². The molecule has 0 spiro atoms. The molecular weight excluding hydrogens is 334 g/mol. The number of hydrogen-bond donors (Lipinski definition) is 0. The maximum atomic E-state index is 12.0. The zero-order valence-corrected chi connectivity index (χ0v) is 15.4. The van der Waals surface area contributed by atoms with E-state index in [1.54, 1.807) is 31.2 Å². The Morgan fingerprint density at radius 3 is 2.44 bits per heavy atom. The van der Waals surface area contributed by atoms with Crippen molar-refractivity contribution in [2.24, 2.45) is 0 Å². The zero-order chi connectivity index (χ0) is 18.0. The number of aromatic nitrogens is 1. The van der Waals surface area contributed by atoms with Gasteiger partial charge in [-0.1, -0.05) is 45.0 Å². The lowest BCUT2D eigenvalue weighted by atomic mass is 10.0. The molecule has 1 heterocycles. The molecule has 2 aromatic carbocycles. The van der Waals surface area contributed by atoms with Gasteiger partial charge in [0.15, 0.2) is 15.4 Å². The first kappa shape index (κ1) is 17.4. The van der Waals surface area contributed by atoms with E-state index in [-0.39, 0.29) is 10.6 Å². The predicted octanol–water partition coefficient (Wildman–Crippen LogP) is 4.92. The summed E-state index contributed by atoms with van der Waals surface area (Å²) in [6, 6.07) is 13.1. The van der Waals surface area contributed by atoms with Crippen LogP contribution in [0.3, 0.4) is 0 Å². The second-order valence-electron chi connectivity index (χ2n) is 6.24. The SMILES string of the molecule is CCS(=O)(=O)c1ccc2oc(/C=C/c3ccc(C(C)C)cc3)nc2c1. The maximum Gasteiger partial charge on any atom is 0.220 e. The minimum Gasteiger partial charge on any atom is -0.437 e. The van der Waals surface area contributed by atoms with Crippen molar-refractivity contribution in [2.45, 2.75) is 31.6 Å². The molecule has 5 heteroatoms. The predicted molar refractivity (Wildman–Crippen MR) is 101 cm³/mol. The van der Waals surface area contributed by atoms with E-state index in [0.29, 0.717) is 22.9 Å². The fourth-order valence-corrected chi connectivity index (χ4v) is 3.42. The van der Waals surface area contributed by atoms with Gasteiger partial charge in [-0.15, -0.1) is 0 Å². The molecule has 0 aliphatic carbocycles. The van der Waals surface area contributed by atoms with Crippen molar-refractivity contribution in [1.82, 2.24) is 4.98 Å². The van der Waals surface area contributed by atoms with Crippen LogP contribution in [0, 0.1) is 0 Å². The normalized spacial score (nSPS) is 12.5. The van der Waals surface area contributed by atoms with E-state index in [9.17, 15) is 8.42 Å². The molecule has 1 aromatic heterocycles.